The molecule has 2 aromatic carbocycles. The van der Waals surface area contributed by atoms with Crippen LogP contribution >= 0.6 is 0 Å². The maximum absolute atomic E-state index is 12.6. The van der Waals surface area contributed by atoms with E-state index in [1.165, 1.54) is 18.5 Å². The number of hydrogen-bond acceptors (Lipinski definition) is 5. The molecule has 0 saturated heterocycles. The van der Waals surface area contributed by atoms with Crippen molar-refractivity contribution in [2.24, 2.45) is 0 Å². The molecular weight excluding hydrogens is 362 g/mol. The summed E-state index contributed by atoms with van der Waals surface area (Å²) in [4.78, 5) is 8.52. The van der Waals surface area contributed by atoms with Crippen molar-refractivity contribution in [3.8, 4) is 17.1 Å². The first kappa shape index (κ1) is 18.8. The second-order valence-electron chi connectivity index (χ2n) is 6.33. The molecule has 0 radical (unpaired) electrons. The number of sulfonamides is 1. The minimum absolute atomic E-state index is 0.113. The van der Waals surface area contributed by atoms with Crippen LogP contribution in [-0.4, -0.2) is 23.5 Å². The molecule has 0 amide bonds. The molecule has 0 bridgehead atoms. The molecule has 0 aliphatic carbocycles. The predicted molar refractivity (Wildman–Crippen MR) is 105 cm³/mol. The fourth-order valence-corrected chi connectivity index (χ4v) is 3.63. The summed E-state index contributed by atoms with van der Waals surface area (Å²) < 4.78 is 27.6. The summed E-state index contributed by atoms with van der Waals surface area (Å²) in [7, 11) is -3.72. The quantitative estimate of drug-likeness (QED) is 0.667. The van der Waals surface area contributed by atoms with Gasteiger partial charge in [0.2, 0.25) is 0 Å². The zero-order valence-corrected chi connectivity index (χ0v) is 15.9. The third kappa shape index (κ3) is 4.43. The largest absolute Gasteiger partial charge is 0.508 e. The molecule has 1 heterocycles. The summed E-state index contributed by atoms with van der Waals surface area (Å²) >= 11 is 0. The molecule has 140 valence electrons. The zero-order valence-electron chi connectivity index (χ0n) is 15.1. The predicted octanol–water partition coefficient (Wildman–Crippen LogP) is 4.16. The molecule has 0 fully saturated rings. The lowest BCUT2D eigenvalue weighted by Gasteiger charge is -2.11. The van der Waals surface area contributed by atoms with Gasteiger partial charge in [-0.1, -0.05) is 38.1 Å². The summed E-state index contributed by atoms with van der Waals surface area (Å²) in [6.45, 7) is 4.20. The fraction of sp³-hybridized carbons (Fsp3) is 0.200. The Balaban J connectivity index is 1.77. The van der Waals surface area contributed by atoms with Crippen LogP contribution in [0.1, 0.15) is 31.7 Å². The molecule has 3 rings (SSSR count). The van der Waals surface area contributed by atoms with Crippen LogP contribution in [0.25, 0.3) is 11.4 Å². The van der Waals surface area contributed by atoms with Crippen LogP contribution in [0, 0.1) is 0 Å². The van der Waals surface area contributed by atoms with Gasteiger partial charge in [-0.15, -0.1) is 0 Å². The van der Waals surface area contributed by atoms with Crippen LogP contribution in [0.2, 0.25) is 0 Å². The van der Waals surface area contributed by atoms with Gasteiger partial charge >= 0.3 is 0 Å². The van der Waals surface area contributed by atoms with Crippen LogP contribution in [0.3, 0.4) is 0 Å². The van der Waals surface area contributed by atoms with Crippen molar-refractivity contribution < 1.29 is 13.5 Å². The van der Waals surface area contributed by atoms with E-state index in [-0.39, 0.29) is 16.3 Å². The maximum atomic E-state index is 12.6. The number of nitrogens with zero attached hydrogens (tertiary/aromatic N) is 2. The Labute approximate surface area is 159 Å². The summed E-state index contributed by atoms with van der Waals surface area (Å²) in [6.07, 6.45) is 3.79. The lowest BCUT2D eigenvalue weighted by Crippen LogP contribution is -2.13. The van der Waals surface area contributed by atoms with Gasteiger partial charge in [-0.2, -0.15) is 0 Å². The van der Waals surface area contributed by atoms with Crippen molar-refractivity contribution in [1.82, 2.24) is 9.97 Å². The van der Waals surface area contributed by atoms with Crippen molar-refractivity contribution in [2.45, 2.75) is 31.1 Å². The molecule has 0 aliphatic heterocycles. The van der Waals surface area contributed by atoms with Crippen LogP contribution in [-0.2, 0) is 10.0 Å². The van der Waals surface area contributed by atoms with Crippen LogP contribution in [0.15, 0.2) is 65.8 Å². The minimum Gasteiger partial charge on any atom is -0.508 e. The molecule has 0 unspecified atom stereocenters. The average molecular weight is 383 g/mol. The van der Waals surface area contributed by atoms with E-state index in [2.05, 4.69) is 28.5 Å². The van der Waals surface area contributed by atoms with Gasteiger partial charge < -0.3 is 5.11 Å². The third-order valence-electron chi connectivity index (χ3n) is 4.38. The number of phenols is 1. The number of rotatable bonds is 6. The van der Waals surface area contributed by atoms with E-state index in [4.69, 9.17) is 0 Å². The third-order valence-corrected chi connectivity index (χ3v) is 5.78. The molecule has 0 aliphatic rings. The molecule has 1 atom stereocenters. The van der Waals surface area contributed by atoms with Gasteiger partial charge in [0.05, 0.1) is 23.0 Å². The molecule has 1 aromatic heterocycles. The van der Waals surface area contributed by atoms with Gasteiger partial charge in [0.1, 0.15) is 5.75 Å². The fourth-order valence-electron chi connectivity index (χ4n) is 2.60. The van der Waals surface area contributed by atoms with Gasteiger partial charge in [-0.05, 0) is 42.2 Å². The first-order valence-corrected chi connectivity index (χ1v) is 10.1. The highest BCUT2D eigenvalue weighted by Crippen LogP contribution is 2.23. The Morgan fingerprint density at radius 1 is 1.07 bits per heavy atom. The van der Waals surface area contributed by atoms with Crippen LogP contribution in [0.5, 0.6) is 5.75 Å². The average Bonchev–Trinajstić information content (AvgIpc) is 2.68. The second-order valence-corrected chi connectivity index (χ2v) is 8.01. The molecule has 0 saturated carbocycles. The Morgan fingerprint density at radius 3 is 2.33 bits per heavy atom. The van der Waals surface area contributed by atoms with E-state index in [0.29, 0.717) is 17.3 Å². The summed E-state index contributed by atoms with van der Waals surface area (Å²) in [5.74, 6) is 0.890. The second kappa shape index (κ2) is 7.75. The maximum Gasteiger partial charge on any atom is 0.261 e. The first-order chi connectivity index (χ1) is 12.9. The summed E-state index contributed by atoms with van der Waals surface area (Å²) in [5.41, 5.74) is 2.02. The highest BCUT2D eigenvalue weighted by Gasteiger charge is 2.15. The van der Waals surface area contributed by atoms with Crippen LogP contribution < -0.4 is 4.72 Å². The van der Waals surface area contributed by atoms with Gasteiger partial charge in [0.25, 0.3) is 10.0 Å². The van der Waals surface area contributed by atoms with Gasteiger partial charge in [-0.3, -0.25) is 4.72 Å². The molecular formula is C20H21N3O3S. The van der Waals surface area contributed by atoms with Gasteiger partial charge in [0, 0.05) is 5.56 Å². The van der Waals surface area contributed by atoms with Crippen molar-refractivity contribution >= 4 is 15.7 Å². The van der Waals surface area contributed by atoms with Crippen molar-refractivity contribution in [3.63, 3.8) is 0 Å². The Bertz CT molecular complexity index is 1020. The van der Waals surface area contributed by atoms with Crippen LogP contribution in [0.4, 0.5) is 5.69 Å². The number of benzene rings is 2. The highest BCUT2D eigenvalue weighted by molar-refractivity contribution is 7.92. The minimum atomic E-state index is -3.72. The van der Waals surface area contributed by atoms with Crippen molar-refractivity contribution in [2.75, 3.05) is 4.72 Å². The van der Waals surface area contributed by atoms with Gasteiger partial charge in [-0.25, -0.2) is 18.4 Å². The Kier molecular flexibility index (Phi) is 5.41. The Morgan fingerprint density at radius 2 is 1.74 bits per heavy atom. The molecule has 0 spiro atoms. The summed E-state index contributed by atoms with van der Waals surface area (Å²) in [6, 6.07) is 13.4. The number of phenolic OH excluding ortho intramolecular Hbond substituents is 1. The number of anilines is 1. The van der Waals surface area contributed by atoms with Crippen molar-refractivity contribution in [1.29, 1.82) is 0 Å². The van der Waals surface area contributed by atoms with Gasteiger partial charge in [0.15, 0.2) is 5.82 Å². The van der Waals surface area contributed by atoms with E-state index in [0.717, 1.165) is 12.0 Å². The SMILES string of the molecule is CC[C@@H](C)c1ccc(S(=O)(=O)Nc2cnc(-c3cccc(O)c3)nc2)cc1. The van der Waals surface area contributed by atoms with E-state index in [9.17, 15) is 13.5 Å². The number of aromatic nitrogens is 2. The standard InChI is InChI=1S/C20H21N3O3S/c1-3-14(2)15-7-9-19(10-8-15)27(25,26)23-17-12-21-20(22-13-17)16-5-4-6-18(24)11-16/h4-14,23-24H,3H2,1-2H3/t14-/m1/s1. The highest BCUT2D eigenvalue weighted by atomic mass is 32.2. The molecule has 2 N–H and O–H groups in total. The molecule has 6 nitrogen and oxygen atoms in total. The smallest absolute Gasteiger partial charge is 0.261 e. The lowest BCUT2D eigenvalue weighted by molar-refractivity contribution is 0.475. The number of aromatic hydroxyl groups is 1. The molecule has 27 heavy (non-hydrogen) atoms. The van der Waals surface area contributed by atoms with E-state index >= 15 is 0 Å². The normalized spacial score (nSPS) is 12.5. The number of hydrogen-bond donors (Lipinski definition) is 2. The van der Waals surface area contributed by atoms with E-state index in [1.807, 2.05) is 12.1 Å². The Hall–Kier alpha value is -2.93. The first-order valence-electron chi connectivity index (χ1n) is 8.63. The van der Waals surface area contributed by atoms with E-state index < -0.39 is 10.0 Å². The topological polar surface area (TPSA) is 92.2 Å². The molecule has 3 aromatic rings. The van der Waals surface area contributed by atoms with E-state index in [1.54, 1.807) is 30.3 Å². The zero-order chi connectivity index (χ0) is 19.4. The summed E-state index contributed by atoms with van der Waals surface area (Å²) in [5, 5.41) is 9.53. The lowest BCUT2D eigenvalue weighted by atomic mass is 9.99. The monoisotopic (exact) mass is 383 g/mol. The molecule has 7 heteroatoms. The number of nitrogens with one attached hydrogen (secondary N) is 1. The van der Waals surface area contributed by atoms with Crippen molar-refractivity contribution in [3.05, 3.63) is 66.5 Å².